The molecule has 0 saturated carbocycles. The van der Waals surface area contributed by atoms with Crippen molar-refractivity contribution in [2.45, 2.75) is 25.7 Å². The summed E-state index contributed by atoms with van der Waals surface area (Å²) >= 11 is 0. The number of hydrogen-bond acceptors (Lipinski definition) is 5. The average Bonchev–Trinajstić information content (AvgIpc) is 2.58. The Hall–Kier alpha value is -1.63. The number of hydrogen-bond donors (Lipinski definition) is 2. The first kappa shape index (κ1) is 16.7. The van der Waals surface area contributed by atoms with Gasteiger partial charge in [0.1, 0.15) is 6.61 Å². The number of amides is 1. The maximum atomic E-state index is 12.1. The fourth-order valence-corrected chi connectivity index (χ4v) is 2.24. The van der Waals surface area contributed by atoms with E-state index in [2.05, 4.69) is 5.32 Å². The van der Waals surface area contributed by atoms with E-state index in [1.165, 1.54) is 0 Å². The minimum Gasteiger partial charge on any atom is -0.445 e. The van der Waals surface area contributed by atoms with Crippen LogP contribution in [0.25, 0.3) is 0 Å². The van der Waals surface area contributed by atoms with Gasteiger partial charge in [-0.25, -0.2) is 4.79 Å². The van der Waals surface area contributed by atoms with Crippen LogP contribution >= 0.6 is 0 Å². The second-order valence-corrected chi connectivity index (χ2v) is 5.52. The summed E-state index contributed by atoms with van der Waals surface area (Å²) in [6.07, 6.45) is -0.309. The van der Waals surface area contributed by atoms with Crippen LogP contribution < -0.4 is 11.1 Å². The van der Waals surface area contributed by atoms with Crippen molar-refractivity contribution < 1.29 is 14.3 Å². The van der Waals surface area contributed by atoms with Gasteiger partial charge in [0.05, 0.1) is 19.3 Å². The van der Waals surface area contributed by atoms with Gasteiger partial charge in [-0.05, 0) is 12.5 Å². The monoisotopic (exact) mass is 307 g/mol. The van der Waals surface area contributed by atoms with Crippen molar-refractivity contribution in [1.82, 2.24) is 10.2 Å². The molecule has 0 radical (unpaired) electrons. The molecule has 1 aliphatic heterocycles. The first-order valence-corrected chi connectivity index (χ1v) is 7.69. The van der Waals surface area contributed by atoms with Crippen molar-refractivity contribution in [2.24, 2.45) is 5.73 Å². The summed E-state index contributed by atoms with van der Waals surface area (Å²) in [4.78, 5) is 13.8. The molecule has 3 N–H and O–H groups in total. The third-order valence-electron chi connectivity index (χ3n) is 3.65. The number of benzene rings is 1. The summed E-state index contributed by atoms with van der Waals surface area (Å²) in [6.45, 7) is 5.22. The Kier molecular flexibility index (Phi) is 6.64. The number of carbonyl (C=O) groups excluding carboxylic acids is 1. The summed E-state index contributed by atoms with van der Waals surface area (Å²) < 4.78 is 11.0. The molecule has 122 valence electrons. The van der Waals surface area contributed by atoms with E-state index in [4.69, 9.17) is 15.2 Å². The lowest BCUT2D eigenvalue weighted by Crippen LogP contribution is -2.50. The Morgan fingerprint density at radius 3 is 3.00 bits per heavy atom. The summed E-state index contributed by atoms with van der Waals surface area (Å²) in [7, 11) is 0. The Morgan fingerprint density at radius 2 is 2.27 bits per heavy atom. The zero-order valence-corrected chi connectivity index (χ0v) is 13.0. The van der Waals surface area contributed by atoms with Crippen LogP contribution in [0.3, 0.4) is 0 Å². The van der Waals surface area contributed by atoms with Gasteiger partial charge in [0.15, 0.2) is 0 Å². The van der Waals surface area contributed by atoms with Crippen molar-refractivity contribution in [3.8, 4) is 0 Å². The van der Waals surface area contributed by atoms with Crippen LogP contribution in [0.5, 0.6) is 0 Å². The molecule has 22 heavy (non-hydrogen) atoms. The second kappa shape index (κ2) is 8.73. The molecular weight excluding hydrogens is 282 g/mol. The molecule has 1 saturated heterocycles. The minimum absolute atomic E-state index is 0.0213. The summed E-state index contributed by atoms with van der Waals surface area (Å²) in [6, 6.07) is 9.91. The molecule has 2 rings (SSSR count). The van der Waals surface area contributed by atoms with Crippen LogP contribution in [-0.4, -0.2) is 55.9 Å². The van der Waals surface area contributed by atoms with Gasteiger partial charge < -0.3 is 25.4 Å². The number of nitrogens with one attached hydrogen (secondary N) is 1. The molecule has 2 atom stereocenters. The van der Waals surface area contributed by atoms with Gasteiger partial charge in [0, 0.05) is 25.7 Å². The predicted octanol–water partition coefficient (Wildman–Crippen LogP) is 0.961. The summed E-state index contributed by atoms with van der Waals surface area (Å²) in [5, 5.41) is 3.29. The fourth-order valence-electron chi connectivity index (χ4n) is 2.24. The predicted molar refractivity (Wildman–Crippen MR) is 84.5 cm³/mol. The van der Waals surface area contributed by atoms with E-state index in [0.29, 0.717) is 39.4 Å². The molecule has 1 fully saturated rings. The van der Waals surface area contributed by atoms with Crippen LogP contribution in [0.1, 0.15) is 12.5 Å². The van der Waals surface area contributed by atoms with Crippen LogP contribution in [-0.2, 0) is 16.1 Å². The molecule has 2 unspecified atom stereocenters. The first-order valence-electron chi connectivity index (χ1n) is 7.69. The van der Waals surface area contributed by atoms with Gasteiger partial charge in [-0.2, -0.15) is 0 Å². The molecular formula is C16H25N3O3. The third-order valence-corrected chi connectivity index (χ3v) is 3.65. The molecule has 0 spiro atoms. The lowest BCUT2D eigenvalue weighted by molar-refractivity contribution is -0.0277. The second-order valence-electron chi connectivity index (χ2n) is 5.52. The summed E-state index contributed by atoms with van der Waals surface area (Å²) in [5.74, 6) is 0. The maximum Gasteiger partial charge on any atom is 0.410 e. The van der Waals surface area contributed by atoms with E-state index in [0.717, 1.165) is 5.56 Å². The number of nitrogens with two attached hydrogens (primary N) is 1. The normalized spacial score (nSPS) is 19.7. The molecule has 1 aromatic rings. The molecule has 0 aliphatic carbocycles. The van der Waals surface area contributed by atoms with Crippen LogP contribution in [0.2, 0.25) is 0 Å². The van der Waals surface area contributed by atoms with Crippen LogP contribution in [0.15, 0.2) is 30.3 Å². The Labute approximate surface area is 131 Å². The lowest BCUT2D eigenvalue weighted by atomic mass is 10.2. The van der Waals surface area contributed by atoms with E-state index < -0.39 is 0 Å². The van der Waals surface area contributed by atoms with Crippen molar-refractivity contribution in [2.75, 3.05) is 32.8 Å². The van der Waals surface area contributed by atoms with Crippen LogP contribution in [0.4, 0.5) is 4.79 Å². The van der Waals surface area contributed by atoms with Crippen molar-refractivity contribution in [3.05, 3.63) is 35.9 Å². The fraction of sp³-hybridized carbons (Fsp3) is 0.562. The number of nitrogens with zero attached hydrogens (tertiary/aromatic N) is 1. The molecule has 1 aromatic carbocycles. The average molecular weight is 307 g/mol. The molecule has 0 bridgehead atoms. The topological polar surface area (TPSA) is 76.8 Å². The Morgan fingerprint density at radius 1 is 1.50 bits per heavy atom. The quantitative estimate of drug-likeness (QED) is 0.818. The molecule has 1 aliphatic rings. The van der Waals surface area contributed by atoms with E-state index in [1.54, 1.807) is 4.90 Å². The molecule has 6 heteroatoms. The SMILES string of the molecule is CC(CN)NCC1CN(C(=O)OCc2ccccc2)CCO1. The van der Waals surface area contributed by atoms with Crippen molar-refractivity contribution in [1.29, 1.82) is 0 Å². The zero-order chi connectivity index (χ0) is 15.8. The highest BCUT2D eigenvalue weighted by molar-refractivity contribution is 5.67. The van der Waals surface area contributed by atoms with Gasteiger partial charge in [-0.15, -0.1) is 0 Å². The molecule has 1 heterocycles. The lowest BCUT2D eigenvalue weighted by Gasteiger charge is -2.32. The van der Waals surface area contributed by atoms with Gasteiger partial charge in [0.25, 0.3) is 0 Å². The molecule has 0 aromatic heterocycles. The van der Waals surface area contributed by atoms with Crippen LogP contribution in [0, 0.1) is 0 Å². The van der Waals surface area contributed by atoms with Gasteiger partial charge >= 0.3 is 6.09 Å². The first-order chi connectivity index (χ1) is 10.7. The standard InChI is InChI=1S/C16H25N3O3/c1-13(9-17)18-10-15-11-19(7-8-21-15)16(20)22-12-14-5-3-2-4-6-14/h2-6,13,15,18H,7-12,17H2,1H3. The van der Waals surface area contributed by atoms with E-state index in [9.17, 15) is 4.79 Å². The van der Waals surface area contributed by atoms with E-state index in [-0.39, 0.29) is 18.2 Å². The molecule has 1 amide bonds. The third kappa shape index (κ3) is 5.29. The zero-order valence-electron chi connectivity index (χ0n) is 13.0. The minimum atomic E-state index is -0.288. The largest absolute Gasteiger partial charge is 0.445 e. The Balaban J connectivity index is 1.75. The number of rotatable bonds is 6. The number of carbonyl (C=O) groups is 1. The Bertz CT molecular complexity index is 455. The highest BCUT2D eigenvalue weighted by Crippen LogP contribution is 2.08. The van der Waals surface area contributed by atoms with Gasteiger partial charge in [0.2, 0.25) is 0 Å². The number of ether oxygens (including phenoxy) is 2. The van der Waals surface area contributed by atoms with Gasteiger partial charge in [-0.3, -0.25) is 0 Å². The van der Waals surface area contributed by atoms with Crippen molar-refractivity contribution in [3.63, 3.8) is 0 Å². The molecule has 6 nitrogen and oxygen atoms in total. The number of morpholine rings is 1. The summed E-state index contributed by atoms with van der Waals surface area (Å²) in [5.41, 5.74) is 6.56. The smallest absolute Gasteiger partial charge is 0.410 e. The highest BCUT2D eigenvalue weighted by Gasteiger charge is 2.25. The van der Waals surface area contributed by atoms with E-state index in [1.807, 2.05) is 37.3 Å². The maximum absolute atomic E-state index is 12.1. The van der Waals surface area contributed by atoms with Crippen molar-refractivity contribution >= 4 is 6.09 Å². The van der Waals surface area contributed by atoms with Gasteiger partial charge in [-0.1, -0.05) is 30.3 Å². The highest BCUT2D eigenvalue weighted by atomic mass is 16.6. The van der Waals surface area contributed by atoms with E-state index >= 15 is 0 Å².